The quantitative estimate of drug-likeness (QED) is 0.807. The highest BCUT2D eigenvalue weighted by Gasteiger charge is 2.20. The van der Waals surface area contributed by atoms with Gasteiger partial charge in [0.25, 0.3) is 0 Å². The number of nitrogens with zero attached hydrogens (tertiary/aromatic N) is 2. The van der Waals surface area contributed by atoms with E-state index in [0.717, 1.165) is 5.56 Å². The Kier molecular flexibility index (Phi) is 6.13. The van der Waals surface area contributed by atoms with E-state index in [1.807, 2.05) is 32.0 Å². The van der Waals surface area contributed by atoms with E-state index in [4.69, 9.17) is 5.73 Å². The Morgan fingerprint density at radius 2 is 1.85 bits per heavy atom. The average Bonchev–Trinajstić information content (AvgIpc) is 2.35. The lowest BCUT2D eigenvalue weighted by molar-refractivity contribution is 0.358. The van der Waals surface area contributed by atoms with Crippen LogP contribution in [0.3, 0.4) is 0 Å². The van der Waals surface area contributed by atoms with Crippen molar-refractivity contribution in [2.45, 2.75) is 24.3 Å². The largest absolute Gasteiger partial charge is 0.328 e. The summed E-state index contributed by atoms with van der Waals surface area (Å²) >= 11 is 0. The molecule has 1 aromatic carbocycles. The molecule has 0 amide bonds. The molecule has 0 aliphatic carbocycles. The molecule has 114 valence electrons. The SMILES string of the molecule is C[C@H](N)Cc1cccc(S(=O)(=O)N(C)CCN(C)C)c1. The number of nitrogens with two attached hydrogens (primary N) is 1. The van der Waals surface area contributed by atoms with Crippen molar-refractivity contribution in [2.75, 3.05) is 34.2 Å². The summed E-state index contributed by atoms with van der Waals surface area (Å²) in [4.78, 5) is 2.29. The van der Waals surface area contributed by atoms with Crippen molar-refractivity contribution in [3.8, 4) is 0 Å². The lowest BCUT2D eigenvalue weighted by atomic mass is 10.1. The first kappa shape index (κ1) is 17.1. The summed E-state index contributed by atoms with van der Waals surface area (Å²) in [6.45, 7) is 3.06. The van der Waals surface area contributed by atoms with E-state index >= 15 is 0 Å². The van der Waals surface area contributed by atoms with Crippen LogP contribution in [0.25, 0.3) is 0 Å². The normalized spacial score (nSPS) is 13.9. The molecule has 0 radical (unpaired) electrons. The lowest BCUT2D eigenvalue weighted by Gasteiger charge is -2.20. The molecule has 0 unspecified atom stereocenters. The minimum atomic E-state index is -3.43. The van der Waals surface area contributed by atoms with E-state index < -0.39 is 10.0 Å². The fourth-order valence-corrected chi connectivity index (χ4v) is 3.08. The second kappa shape index (κ2) is 7.17. The molecule has 0 aliphatic heterocycles. The summed E-state index contributed by atoms with van der Waals surface area (Å²) in [6, 6.07) is 7.03. The van der Waals surface area contributed by atoms with Crippen LogP contribution in [0.4, 0.5) is 0 Å². The molecule has 0 spiro atoms. The molecule has 0 aromatic heterocycles. The van der Waals surface area contributed by atoms with E-state index in [2.05, 4.69) is 0 Å². The molecule has 0 saturated carbocycles. The molecule has 0 bridgehead atoms. The Morgan fingerprint density at radius 1 is 1.20 bits per heavy atom. The van der Waals surface area contributed by atoms with Crippen molar-refractivity contribution in [1.29, 1.82) is 0 Å². The average molecular weight is 299 g/mol. The molecule has 5 nitrogen and oxygen atoms in total. The van der Waals surface area contributed by atoms with Gasteiger partial charge in [-0.25, -0.2) is 8.42 Å². The summed E-state index contributed by atoms with van der Waals surface area (Å²) in [7, 11) is 2.02. The van der Waals surface area contributed by atoms with E-state index in [1.165, 1.54) is 4.31 Å². The van der Waals surface area contributed by atoms with Gasteiger partial charge in [-0.05, 0) is 45.1 Å². The zero-order chi connectivity index (χ0) is 15.3. The molecule has 1 atom stereocenters. The predicted molar refractivity (Wildman–Crippen MR) is 82.2 cm³/mol. The van der Waals surface area contributed by atoms with Crippen molar-refractivity contribution >= 4 is 10.0 Å². The third-order valence-electron chi connectivity index (χ3n) is 3.03. The summed E-state index contributed by atoms with van der Waals surface area (Å²) in [5.41, 5.74) is 6.71. The zero-order valence-corrected chi connectivity index (χ0v) is 13.5. The zero-order valence-electron chi connectivity index (χ0n) is 12.7. The van der Waals surface area contributed by atoms with E-state index in [1.54, 1.807) is 25.2 Å². The first-order chi connectivity index (χ1) is 9.23. The van der Waals surface area contributed by atoms with Crippen LogP contribution in [0.2, 0.25) is 0 Å². The van der Waals surface area contributed by atoms with Crippen LogP contribution >= 0.6 is 0 Å². The van der Waals surface area contributed by atoms with Crippen LogP contribution in [0.15, 0.2) is 29.2 Å². The van der Waals surface area contributed by atoms with Crippen molar-refractivity contribution in [3.63, 3.8) is 0 Å². The molecular weight excluding hydrogens is 274 g/mol. The Hall–Kier alpha value is -0.950. The molecule has 1 aromatic rings. The summed E-state index contributed by atoms with van der Waals surface area (Å²) in [6.07, 6.45) is 0.671. The van der Waals surface area contributed by atoms with Gasteiger partial charge in [0.1, 0.15) is 0 Å². The van der Waals surface area contributed by atoms with Gasteiger partial charge in [-0.2, -0.15) is 4.31 Å². The van der Waals surface area contributed by atoms with Crippen LogP contribution in [0.1, 0.15) is 12.5 Å². The van der Waals surface area contributed by atoms with Gasteiger partial charge in [0.15, 0.2) is 0 Å². The highest BCUT2D eigenvalue weighted by molar-refractivity contribution is 7.89. The first-order valence-corrected chi connectivity index (χ1v) is 8.13. The second-order valence-corrected chi connectivity index (χ2v) is 7.50. The molecule has 0 fully saturated rings. The van der Waals surface area contributed by atoms with Crippen molar-refractivity contribution < 1.29 is 8.42 Å². The Morgan fingerprint density at radius 3 is 2.40 bits per heavy atom. The molecular formula is C14H25N3O2S. The smallest absolute Gasteiger partial charge is 0.242 e. The van der Waals surface area contributed by atoms with Crippen LogP contribution in [-0.2, 0) is 16.4 Å². The van der Waals surface area contributed by atoms with Gasteiger partial charge in [-0.1, -0.05) is 12.1 Å². The second-order valence-electron chi connectivity index (χ2n) is 5.46. The molecule has 0 aliphatic rings. The fraction of sp³-hybridized carbons (Fsp3) is 0.571. The van der Waals surface area contributed by atoms with Crippen LogP contribution < -0.4 is 5.73 Å². The first-order valence-electron chi connectivity index (χ1n) is 6.69. The Bertz CT molecular complexity index is 527. The topological polar surface area (TPSA) is 66.6 Å². The standard InChI is InChI=1S/C14H25N3O2S/c1-12(15)10-13-6-5-7-14(11-13)20(18,19)17(4)9-8-16(2)3/h5-7,11-12H,8-10,15H2,1-4H3/t12-/m0/s1. The number of hydrogen-bond acceptors (Lipinski definition) is 4. The van der Waals surface area contributed by atoms with Crippen LogP contribution in [-0.4, -0.2) is 57.9 Å². The maximum Gasteiger partial charge on any atom is 0.242 e. The summed E-state index contributed by atoms with van der Waals surface area (Å²) < 4.78 is 26.3. The number of sulfonamides is 1. The highest BCUT2D eigenvalue weighted by atomic mass is 32.2. The molecule has 20 heavy (non-hydrogen) atoms. The molecule has 0 saturated heterocycles. The number of rotatable bonds is 7. The molecule has 6 heteroatoms. The van der Waals surface area contributed by atoms with E-state index in [9.17, 15) is 8.42 Å². The van der Waals surface area contributed by atoms with Crippen LogP contribution in [0, 0.1) is 0 Å². The van der Waals surface area contributed by atoms with Gasteiger partial charge in [0, 0.05) is 26.2 Å². The number of likely N-dealkylation sites (N-methyl/N-ethyl adjacent to an activating group) is 2. The van der Waals surface area contributed by atoms with Gasteiger partial charge in [-0.15, -0.1) is 0 Å². The van der Waals surface area contributed by atoms with Gasteiger partial charge in [0.05, 0.1) is 4.90 Å². The lowest BCUT2D eigenvalue weighted by Crippen LogP contribution is -2.33. The minimum absolute atomic E-state index is 0.0134. The third kappa shape index (κ3) is 4.86. The van der Waals surface area contributed by atoms with Gasteiger partial charge in [0.2, 0.25) is 10.0 Å². The maximum atomic E-state index is 12.5. The van der Waals surface area contributed by atoms with Crippen molar-refractivity contribution in [2.24, 2.45) is 5.73 Å². The maximum absolute atomic E-state index is 12.5. The summed E-state index contributed by atoms with van der Waals surface area (Å²) in [5, 5.41) is 0. The van der Waals surface area contributed by atoms with Gasteiger partial charge < -0.3 is 10.6 Å². The number of benzene rings is 1. The molecule has 0 heterocycles. The predicted octanol–water partition coefficient (Wildman–Crippen LogP) is 0.758. The number of hydrogen-bond donors (Lipinski definition) is 1. The van der Waals surface area contributed by atoms with Gasteiger partial charge >= 0.3 is 0 Å². The summed E-state index contributed by atoms with van der Waals surface area (Å²) in [5.74, 6) is 0. The van der Waals surface area contributed by atoms with E-state index in [-0.39, 0.29) is 6.04 Å². The van der Waals surface area contributed by atoms with Crippen molar-refractivity contribution in [3.05, 3.63) is 29.8 Å². The van der Waals surface area contributed by atoms with Gasteiger partial charge in [-0.3, -0.25) is 0 Å². The Balaban J connectivity index is 2.91. The minimum Gasteiger partial charge on any atom is -0.328 e. The molecule has 2 N–H and O–H groups in total. The van der Waals surface area contributed by atoms with Crippen LogP contribution in [0.5, 0.6) is 0 Å². The van der Waals surface area contributed by atoms with E-state index in [0.29, 0.717) is 24.4 Å². The fourth-order valence-electron chi connectivity index (χ4n) is 1.85. The third-order valence-corrected chi connectivity index (χ3v) is 4.88. The molecule has 1 rings (SSSR count). The Labute approximate surface area is 122 Å². The van der Waals surface area contributed by atoms with Crippen molar-refractivity contribution in [1.82, 2.24) is 9.21 Å². The monoisotopic (exact) mass is 299 g/mol. The highest BCUT2D eigenvalue weighted by Crippen LogP contribution is 2.16.